The Morgan fingerprint density at radius 1 is 1.29 bits per heavy atom. The summed E-state index contributed by atoms with van der Waals surface area (Å²) < 4.78 is 31.5. The first-order valence-corrected chi connectivity index (χ1v) is 7.60. The molecule has 2 heterocycles. The number of hydrogen-bond acceptors (Lipinski definition) is 4. The summed E-state index contributed by atoms with van der Waals surface area (Å²) >= 11 is 1.22. The fourth-order valence-electron chi connectivity index (χ4n) is 1.41. The molecule has 17 heavy (non-hydrogen) atoms. The molecule has 92 valence electrons. The van der Waals surface area contributed by atoms with Gasteiger partial charge in [0, 0.05) is 13.0 Å². The number of hydrogen-bond donors (Lipinski definition) is 1. The zero-order valence-electron chi connectivity index (χ0n) is 9.13. The lowest BCUT2D eigenvalue weighted by molar-refractivity contribution is 0.500. The van der Waals surface area contributed by atoms with E-state index in [0.29, 0.717) is 10.8 Å². The maximum absolute atomic E-state index is 11.7. The fourth-order valence-corrected chi connectivity index (χ4v) is 3.52. The molecule has 2 aromatic rings. The van der Waals surface area contributed by atoms with Crippen molar-refractivity contribution >= 4 is 21.4 Å². The van der Waals surface area contributed by atoms with Gasteiger partial charge < -0.3 is 4.42 Å². The predicted molar refractivity (Wildman–Crippen MR) is 66.5 cm³/mol. The van der Waals surface area contributed by atoms with Gasteiger partial charge in [-0.15, -0.1) is 11.3 Å². The zero-order valence-corrected chi connectivity index (χ0v) is 10.8. The van der Waals surface area contributed by atoms with E-state index in [1.54, 1.807) is 23.8 Å². The number of aryl methyl sites for hydroxylation is 1. The van der Waals surface area contributed by atoms with Gasteiger partial charge in [-0.3, -0.25) is 0 Å². The van der Waals surface area contributed by atoms with E-state index in [9.17, 15) is 8.42 Å². The molecular weight excluding hydrogens is 258 g/mol. The summed E-state index contributed by atoms with van der Waals surface area (Å²) in [5, 5.41) is 1.75. The van der Waals surface area contributed by atoms with Gasteiger partial charge in [-0.2, -0.15) is 0 Å². The number of nitrogens with one attached hydrogen (secondary N) is 1. The van der Waals surface area contributed by atoms with Crippen molar-refractivity contribution in [3.8, 4) is 0 Å². The molecule has 6 heteroatoms. The first kappa shape index (κ1) is 12.3. The van der Waals surface area contributed by atoms with Crippen LogP contribution in [0.4, 0.5) is 0 Å². The summed E-state index contributed by atoms with van der Waals surface area (Å²) in [6.45, 7) is 0.418. The highest BCUT2D eigenvalue weighted by Crippen LogP contribution is 2.15. The van der Waals surface area contributed by atoms with Crippen LogP contribution in [0.3, 0.4) is 0 Å². The molecule has 0 atom stereocenters. The Bertz CT molecular complexity index is 529. The molecule has 2 rings (SSSR count). The van der Waals surface area contributed by atoms with Crippen molar-refractivity contribution in [1.82, 2.24) is 4.72 Å². The third kappa shape index (κ3) is 3.42. The molecule has 2 aromatic heterocycles. The normalized spacial score (nSPS) is 11.8. The van der Waals surface area contributed by atoms with Gasteiger partial charge in [-0.1, -0.05) is 6.07 Å². The van der Waals surface area contributed by atoms with Gasteiger partial charge in [0.15, 0.2) is 0 Å². The highest BCUT2D eigenvalue weighted by atomic mass is 32.2. The van der Waals surface area contributed by atoms with Crippen LogP contribution in [-0.2, 0) is 16.4 Å². The second-order valence-electron chi connectivity index (χ2n) is 3.51. The SMILES string of the molecule is O=S(=O)(NCCCc1ccco1)c1cccs1. The standard InChI is InChI=1S/C11H13NO3S2/c13-17(14,11-6-3-9-16-11)12-7-1-4-10-5-2-8-15-10/h2-3,5-6,8-9,12H,1,4,7H2. The van der Waals surface area contributed by atoms with Gasteiger partial charge in [0.2, 0.25) is 10.0 Å². The lowest BCUT2D eigenvalue weighted by Gasteiger charge is -2.03. The van der Waals surface area contributed by atoms with Crippen molar-refractivity contribution in [2.45, 2.75) is 17.1 Å². The minimum atomic E-state index is -3.32. The van der Waals surface area contributed by atoms with Crippen molar-refractivity contribution in [2.24, 2.45) is 0 Å². The van der Waals surface area contributed by atoms with E-state index in [1.807, 2.05) is 12.1 Å². The highest BCUT2D eigenvalue weighted by molar-refractivity contribution is 7.91. The molecule has 0 saturated heterocycles. The molecule has 0 aromatic carbocycles. The van der Waals surface area contributed by atoms with Crippen molar-refractivity contribution < 1.29 is 12.8 Å². The van der Waals surface area contributed by atoms with Gasteiger partial charge >= 0.3 is 0 Å². The second-order valence-corrected chi connectivity index (χ2v) is 6.45. The van der Waals surface area contributed by atoms with E-state index in [2.05, 4.69) is 4.72 Å². The summed E-state index contributed by atoms with van der Waals surface area (Å²) in [6, 6.07) is 7.03. The number of rotatable bonds is 6. The molecule has 4 nitrogen and oxygen atoms in total. The smallest absolute Gasteiger partial charge is 0.250 e. The Labute approximate surface area is 104 Å². The largest absolute Gasteiger partial charge is 0.469 e. The topological polar surface area (TPSA) is 59.3 Å². The van der Waals surface area contributed by atoms with Gasteiger partial charge in [0.05, 0.1) is 6.26 Å². The lowest BCUT2D eigenvalue weighted by Crippen LogP contribution is -2.24. The maximum atomic E-state index is 11.7. The van der Waals surface area contributed by atoms with Crippen molar-refractivity contribution in [3.63, 3.8) is 0 Å². The quantitative estimate of drug-likeness (QED) is 0.820. The molecule has 0 aliphatic rings. The van der Waals surface area contributed by atoms with Crippen LogP contribution in [0.15, 0.2) is 44.5 Å². The Kier molecular flexibility index (Phi) is 3.98. The Balaban J connectivity index is 1.79. The number of furan rings is 1. The van der Waals surface area contributed by atoms with Gasteiger partial charge in [-0.05, 0) is 30.0 Å². The number of sulfonamides is 1. The molecule has 0 spiro atoms. The van der Waals surface area contributed by atoms with Gasteiger partial charge in [0.1, 0.15) is 9.97 Å². The van der Waals surface area contributed by atoms with Crippen LogP contribution in [0.2, 0.25) is 0 Å². The van der Waals surface area contributed by atoms with Crippen LogP contribution in [0.1, 0.15) is 12.2 Å². The average molecular weight is 271 g/mol. The molecule has 0 fully saturated rings. The van der Waals surface area contributed by atoms with Crippen molar-refractivity contribution in [3.05, 3.63) is 41.7 Å². The highest BCUT2D eigenvalue weighted by Gasteiger charge is 2.13. The van der Waals surface area contributed by atoms with Crippen LogP contribution >= 0.6 is 11.3 Å². The van der Waals surface area contributed by atoms with E-state index in [-0.39, 0.29) is 0 Å². The third-order valence-electron chi connectivity index (χ3n) is 2.23. The van der Waals surface area contributed by atoms with Crippen LogP contribution in [0.5, 0.6) is 0 Å². The monoisotopic (exact) mass is 271 g/mol. The zero-order chi connectivity index (χ0) is 12.1. The molecule has 0 bridgehead atoms. The first-order valence-electron chi connectivity index (χ1n) is 5.24. The fraction of sp³-hybridized carbons (Fsp3) is 0.273. The van der Waals surface area contributed by atoms with Crippen molar-refractivity contribution in [1.29, 1.82) is 0 Å². The molecule has 1 N–H and O–H groups in total. The summed E-state index contributed by atoms with van der Waals surface area (Å²) in [4.78, 5) is 0. The van der Waals surface area contributed by atoms with Crippen LogP contribution < -0.4 is 4.72 Å². The van der Waals surface area contributed by atoms with E-state index < -0.39 is 10.0 Å². The minimum absolute atomic E-state index is 0.357. The third-order valence-corrected chi connectivity index (χ3v) is 5.09. The second kappa shape index (κ2) is 5.48. The Morgan fingerprint density at radius 2 is 2.18 bits per heavy atom. The summed E-state index contributed by atoms with van der Waals surface area (Å²) in [7, 11) is -3.32. The van der Waals surface area contributed by atoms with Crippen LogP contribution in [0, 0.1) is 0 Å². The maximum Gasteiger partial charge on any atom is 0.250 e. The first-order chi connectivity index (χ1) is 8.18. The Hall–Kier alpha value is -1.11. The molecule has 0 aliphatic carbocycles. The molecule has 0 radical (unpaired) electrons. The average Bonchev–Trinajstić information content (AvgIpc) is 2.97. The molecule has 0 saturated carbocycles. The van der Waals surface area contributed by atoms with E-state index >= 15 is 0 Å². The van der Waals surface area contributed by atoms with Crippen LogP contribution in [0.25, 0.3) is 0 Å². The predicted octanol–water partition coefficient (Wildman–Crippen LogP) is 2.25. The molecular formula is C11H13NO3S2. The lowest BCUT2D eigenvalue weighted by atomic mass is 10.2. The molecule has 0 amide bonds. The minimum Gasteiger partial charge on any atom is -0.469 e. The summed E-state index contributed by atoms with van der Waals surface area (Å²) in [6.07, 6.45) is 3.07. The van der Waals surface area contributed by atoms with Crippen LogP contribution in [-0.4, -0.2) is 15.0 Å². The number of thiophene rings is 1. The van der Waals surface area contributed by atoms with Crippen molar-refractivity contribution in [2.75, 3.05) is 6.54 Å². The van der Waals surface area contributed by atoms with E-state index in [1.165, 1.54) is 11.3 Å². The van der Waals surface area contributed by atoms with E-state index in [0.717, 1.165) is 18.6 Å². The van der Waals surface area contributed by atoms with Gasteiger partial charge in [0.25, 0.3) is 0 Å². The molecule has 0 aliphatic heterocycles. The summed E-state index contributed by atoms with van der Waals surface area (Å²) in [5.74, 6) is 0.875. The summed E-state index contributed by atoms with van der Waals surface area (Å²) in [5.41, 5.74) is 0. The molecule has 0 unspecified atom stereocenters. The van der Waals surface area contributed by atoms with E-state index in [4.69, 9.17) is 4.42 Å². The Morgan fingerprint density at radius 3 is 2.82 bits per heavy atom. The van der Waals surface area contributed by atoms with Gasteiger partial charge in [-0.25, -0.2) is 13.1 Å².